The number of phenolic OH excluding ortho intramolecular Hbond substituents is 1. The maximum atomic E-state index is 9.98. The minimum atomic E-state index is 0.0668. The van der Waals surface area contributed by atoms with Crippen LogP contribution < -0.4 is 4.74 Å². The van der Waals surface area contributed by atoms with Crippen molar-refractivity contribution in [1.29, 1.82) is 0 Å². The van der Waals surface area contributed by atoms with Gasteiger partial charge in [0.15, 0.2) is 11.5 Å². The number of phenols is 1. The Labute approximate surface area is 121 Å². The SMILES string of the molecule is COc1cc(Cl)cc(/C=C/c2ccc(Cl)cc2)c1O. The summed E-state index contributed by atoms with van der Waals surface area (Å²) < 4.78 is 5.05. The van der Waals surface area contributed by atoms with E-state index in [4.69, 9.17) is 27.9 Å². The molecule has 4 heteroatoms. The number of aromatic hydroxyl groups is 1. The van der Waals surface area contributed by atoms with Gasteiger partial charge in [-0.2, -0.15) is 0 Å². The standard InChI is InChI=1S/C15H12Cl2O2/c1-19-14-9-13(17)8-11(15(14)18)5-2-10-3-6-12(16)7-4-10/h2-9,18H,1H3/b5-2+. The van der Waals surface area contributed by atoms with Crippen LogP contribution in [0.4, 0.5) is 0 Å². The summed E-state index contributed by atoms with van der Waals surface area (Å²) >= 11 is 11.8. The Morgan fingerprint density at radius 1 is 1.00 bits per heavy atom. The lowest BCUT2D eigenvalue weighted by Crippen LogP contribution is -1.86. The van der Waals surface area contributed by atoms with Crippen LogP contribution in [0.25, 0.3) is 12.2 Å². The Bertz CT molecular complexity index is 604. The fourth-order valence-corrected chi connectivity index (χ4v) is 1.98. The van der Waals surface area contributed by atoms with Gasteiger partial charge in [0, 0.05) is 21.7 Å². The summed E-state index contributed by atoms with van der Waals surface area (Å²) in [4.78, 5) is 0. The molecule has 0 bridgehead atoms. The molecule has 0 unspecified atom stereocenters. The van der Waals surface area contributed by atoms with Crippen molar-refractivity contribution in [1.82, 2.24) is 0 Å². The number of methoxy groups -OCH3 is 1. The molecule has 2 aromatic carbocycles. The number of hydrogen-bond donors (Lipinski definition) is 1. The van der Waals surface area contributed by atoms with E-state index in [1.165, 1.54) is 7.11 Å². The highest BCUT2D eigenvalue weighted by Crippen LogP contribution is 2.34. The topological polar surface area (TPSA) is 29.5 Å². The van der Waals surface area contributed by atoms with Crippen molar-refractivity contribution >= 4 is 35.4 Å². The summed E-state index contributed by atoms with van der Waals surface area (Å²) in [5.41, 5.74) is 1.57. The van der Waals surface area contributed by atoms with Crippen LogP contribution in [0.2, 0.25) is 10.0 Å². The van der Waals surface area contributed by atoms with E-state index in [1.807, 2.05) is 18.2 Å². The van der Waals surface area contributed by atoms with E-state index in [0.717, 1.165) is 5.56 Å². The number of hydrogen-bond acceptors (Lipinski definition) is 2. The van der Waals surface area contributed by atoms with Crippen molar-refractivity contribution in [2.24, 2.45) is 0 Å². The third-order valence-corrected chi connectivity index (χ3v) is 3.08. The molecule has 0 radical (unpaired) electrons. The van der Waals surface area contributed by atoms with Gasteiger partial charge in [0.05, 0.1) is 7.11 Å². The molecule has 19 heavy (non-hydrogen) atoms. The number of rotatable bonds is 3. The smallest absolute Gasteiger partial charge is 0.165 e. The first-order valence-corrected chi connectivity index (χ1v) is 6.36. The van der Waals surface area contributed by atoms with E-state index in [-0.39, 0.29) is 5.75 Å². The normalized spacial score (nSPS) is 10.9. The summed E-state index contributed by atoms with van der Waals surface area (Å²) in [6, 6.07) is 10.6. The monoisotopic (exact) mass is 294 g/mol. The fraction of sp³-hybridized carbons (Fsp3) is 0.0667. The summed E-state index contributed by atoms with van der Waals surface area (Å²) in [7, 11) is 1.48. The molecule has 0 aliphatic rings. The first kappa shape index (κ1) is 13.8. The number of ether oxygens (including phenoxy) is 1. The van der Waals surface area contributed by atoms with Gasteiger partial charge in [-0.05, 0) is 23.8 Å². The summed E-state index contributed by atoms with van der Waals surface area (Å²) in [6.07, 6.45) is 3.63. The molecule has 2 rings (SSSR count). The molecular weight excluding hydrogens is 283 g/mol. The first-order valence-electron chi connectivity index (χ1n) is 5.60. The van der Waals surface area contributed by atoms with Crippen molar-refractivity contribution in [3.05, 3.63) is 57.6 Å². The Kier molecular flexibility index (Phi) is 4.35. The Morgan fingerprint density at radius 2 is 1.68 bits per heavy atom. The van der Waals surface area contributed by atoms with E-state index < -0.39 is 0 Å². The van der Waals surface area contributed by atoms with E-state index in [9.17, 15) is 5.11 Å². The predicted octanol–water partition coefficient (Wildman–Crippen LogP) is 4.88. The molecular formula is C15H12Cl2O2. The highest BCUT2D eigenvalue weighted by molar-refractivity contribution is 6.31. The van der Waals surface area contributed by atoms with E-state index >= 15 is 0 Å². The Hall–Kier alpha value is -1.64. The van der Waals surface area contributed by atoms with Gasteiger partial charge in [-0.1, -0.05) is 47.5 Å². The molecule has 0 atom stereocenters. The number of benzene rings is 2. The summed E-state index contributed by atoms with van der Waals surface area (Å²) in [6.45, 7) is 0. The molecule has 2 nitrogen and oxygen atoms in total. The lowest BCUT2D eigenvalue weighted by Gasteiger charge is -2.06. The van der Waals surface area contributed by atoms with Gasteiger partial charge in [-0.3, -0.25) is 0 Å². The third kappa shape index (κ3) is 3.43. The summed E-state index contributed by atoms with van der Waals surface area (Å²) in [5.74, 6) is 0.417. The summed E-state index contributed by atoms with van der Waals surface area (Å²) in [5, 5.41) is 11.2. The number of halogens is 2. The van der Waals surface area contributed by atoms with Crippen LogP contribution >= 0.6 is 23.2 Å². The largest absolute Gasteiger partial charge is 0.504 e. The van der Waals surface area contributed by atoms with Gasteiger partial charge in [-0.15, -0.1) is 0 Å². The van der Waals surface area contributed by atoms with Crippen LogP contribution in [-0.2, 0) is 0 Å². The van der Waals surface area contributed by atoms with Crippen LogP contribution in [0, 0.1) is 0 Å². The van der Waals surface area contributed by atoms with Gasteiger partial charge in [0.2, 0.25) is 0 Å². The van der Waals surface area contributed by atoms with Crippen molar-refractivity contribution < 1.29 is 9.84 Å². The third-order valence-electron chi connectivity index (χ3n) is 2.61. The van der Waals surface area contributed by atoms with Crippen LogP contribution in [-0.4, -0.2) is 12.2 Å². The average molecular weight is 295 g/mol. The zero-order valence-corrected chi connectivity index (χ0v) is 11.7. The lowest BCUT2D eigenvalue weighted by atomic mass is 10.1. The van der Waals surface area contributed by atoms with Crippen molar-refractivity contribution in [3.8, 4) is 11.5 Å². The molecule has 0 saturated heterocycles. The highest BCUT2D eigenvalue weighted by Gasteiger charge is 2.07. The fourth-order valence-electron chi connectivity index (χ4n) is 1.64. The van der Waals surface area contributed by atoms with Gasteiger partial charge in [0.1, 0.15) is 0 Å². The molecule has 98 valence electrons. The highest BCUT2D eigenvalue weighted by atomic mass is 35.5. The molecule has 1 N–H and O–H groups in total. The molecule has 0 amide bonds. The maximum Gasteiger partial charge on any atom is 0.165 e. The van der Waals surface area contributed by atoms with Crippen LogP contribution in [0.5, 0.6) is 11.5 Å². The minimum absolute atomic E-state index is 0.0668. The van der Waals surface area contributed by atoms with Gasteiger partial charge in [-0.25, -0.2) is 0 Å². The molecule has 0 aliphatic heterocycles. The molecule has 0 aromatic heterocycles. The zero-order chi connectivity index (χ0) is 13.8. The van der Waals surface area contributed by atoms with E-state index in [1.54, 1.807) is 30.3 Å². The predicted molar refractivity (Wildman–Crippen MR) is 80.0 cm³/mol. The van der Waals surface area contributed by atoms with Crippen LogP contribution in [0.15, 0.2) is 36.4 Å². The average Bonchev–Trinajstić information content (AvgIpc) is 2.41. The molecule has 0 fully saturated rings. The molecule has 0 saturated carbocycles. The van der Waals surface area contributed by atoms with Gasteiger partial charge >= 0.3 is 0 Å². The molecule has 0 aliphatic carbocycles. The molecule has 0 spiro atoms. The second-order valence-electron chi connectivity index (χ2n) is 3.93. The quantitative estimate of drug-likeness (QED) is 0.818. The maximum absolute atomic E-state index is 9.98. The van der Waals surface area contributed by atoms with Crippen molar-refractivity contribution in [2.45, 2.75) is 0 Å². The van der Waals surface area contributed by atoms with E-state index in [2.05, 4.69) is 0 Å². The molecule has 2 aromatic rings. The lowest BCUT2D eigenvalue weighted by molar-refractivity contribution is 0.373. The van der Waals surface area contributed by atoms with Crippen LogP contribution in [0.3, 0.4) is 0 Å². The van der Waals surface area contributed by atoms with Crippen molar-refractivity contribution in [3.63, 3.8) is 0 Å². The zero-order valence-electron chi connectivity index (χ0n) is 10.2. The molecule has 0 heterocycles. The van der Waals surface area contributed by atoms with Crippen molar-refractivity contribution in [2.75, 3.05) is 7.11 Å². The van der Waals surface area contributed by atoms with E-state index in [0.29, 0.717) is 21.4 Å². The van der Waals surface area contributed by atoms with Gasteiger partial charge < -0.3 is 9.84 Å². The minimum Gasteiger partial charge on any atom is -0.504 e. The Balaban J connectivity index is 2.32. The Morgan fingerprint density at radius 3 is 2.32 bits per heavy atom. The second-order valence-corrected chi connectivity index (χ2v) is 4.80. The van der Waals surface area contributed by atoms with Crippen LogP contribution in [0.1, 0.15) is 11.1 Å². The second kappa shape index (κ2) is 6.00. The van der Waals surface area contributed by atoms with Gasteiger partial charge in [0.25, 0.3) is 0 Å². The first-order chi connectivity index (χ1) is 9.10.